The van der Waals surface area contributed by atoms with Crippen LogP contribution in [0.4, 0.5) is 0 Å². The van der Waals surface area contributed by atoms with Crippen LogP contribution in [0.2, 0.25) is 0 Å². The Balaban J connectivity index is 1.90. The van der Waals surface area contributed by atoms with Crippen LogP contribution in [0, 0.1) is 0 Å². The van der Waals surface area contributed by atoms with Crippen molar-refractivity contribution in [3.05, 3.63) is 12.2 Å². The summed E-state index contributed by atoms with van der Waals surface area (Å²) in [5.41, 5.74) is 0. The van der Waals surface area contributed by atoms with Crippen LogP contribution in [-0.2, 0) is 70.7 Å². The summed E-state index contributed by atoms with van der Waals surface area (Å²) in [6.45, 7) is 5.63. The monoisotopic (exact) mass is 1740 g/mol. The number of unbranched alkanes of at least 4 members (excludes halogenated alkanes) is 54. The Hall–Kier alpha value is -2.79. The molecule has 2 saturated heterocycles. The van der Waals surface area contributed by atoms with Gasteiger partial charge in [0.15, 0.2) is 24.8 Å². The molecule has 0 bridgehead atoms. The molecule has 0 amide bonds. The van der Waals surface area contributed by atoms with E-state index in [1.54, 1.807) is 0 Å². The molecule has 0 aromatic carbocycles. The second-order valence-corrected chi connectivity index (χ2v) is 36.4. The molecule has 25 nitrogen and oxygen atoms in total. The molecule has 0 aromatic heterocycles. The fourth-order valence-electron chi connectivity index (χ4n) is 16.3. The van der Waals surface area contributed by atoms with Gasteiger partial charge in [-0.2, -0.15) is 0 Å². The van der Waals surface area contributed by atoms with Gasteiger partial charge >= 0.3 is 31.7 Å². The molecule has 3 rings (SSSR count). The number of ether oxygens (including phenoxy) is 8. The zero-order chi connectivity index (χ0) is 87.5. The smallest absolute Gasteiger partial charge is 0.463 e. The van der Waals surface area contributed by atoms with Gasteiger partial charge in [-0.15, -0.1) is 0 Å². The molecule has 1 saturated carbocycles. The van der Waals surface area contributed by atoms with E-state index in [-0.39, 0.29) is 25.7 Å². The van der Waals surface area contributed by atoms with Gasteiger partial charge in [0.1, 0.15) is 92.6 Å². The first-order valence-electron chi connectivity index (χ1n) is 48.9. The van der Waals surface area contributed by atoms with Crippen LogP contribution in [0.5, 0.6) is 0 Å². The summed E-state index contributed by atoms with van der Waals surface area (Å²) in [6.07, 6.45) is 33.2. The number of carbonyl (C=O) groups excluding carboxylic acids is 4. The highest BCUT2D eigenvalue weighted by molar-refractivity contribution is 7.47. The summed E-state index contributed by atoms with van der Waals surface area (Å²) < 4.78 is 73.6. The third-order valence-corrected chi connectivity index (χ3v) is 25.0. The van der Waals surface area contributed by atoms with Crippen LogP contribution >= 0.6 is 7.82 Å². The summed E-state index contributed by atoms with van der Waals surface area (Å²) in [5, 5.41) is 102. The first kappa shape index (κ1) is 111. The standard InChI is InChI=1S/C94H175O25P/c1-5-9-13-17-21-25-29-33-37-41-43-46-50-54-58-62-66-77(96)110-71-74(113-79(98)68-64-60-56-52-48-44-39-35-31-27-23-19-15-11-7-3)72-112-120(108,109)119-92-90(117-93-87(106)83(102)81(100)75(70-95)114-93)86(105)85(104)89(116-80(99)69-65-61-57-53-49-45-40-36-32-28-24-20-16-12-8-4)91(92)118-94-88(107)84(103)82(101)76(115-94)73-111-78(97)67-63-59-55-51-47-42-38-34-30-26-22-18-14-10-6-2/h27,31,74-76,81-95,100-107H,5-26,28-30,32-73H2,1-4H3,(H,108,109)/b31-27-. The summed E-state index contributed by atoms with van der Waals surface area (Å²) in [5.74, 6) is -2.95. The van der Waals surface area contributed by atoms with Gasteiger partial charge in [0.05, 0.1) is 13.2 Å². The van der Waals surface area contributed by atoms with Crippen molar-refractivity contribution < 1.29 is 122 Å². The maximum Gasteiger partial charge on any atom is 0.472 e. The number of carbonyl (C=O) groups is 4. The van der Waals surface area contributed by atoms with Crippen LogP contribution in [0.25, 0.3) is 0 Å². The van der Waals surface area contributed by atoms with Crippen molar-refractivity contribution in [2.45, 2.75) is 536 Å². The second kappa shape index (κ2) is 73.2. The zero-order valence-corrected chi connectivity index (χ0v) is 76.3. The molecule has 18 atom stereocenters. The number of phosphoric ester groups is 1. The summed E-state index contributed by atoms with van der Waals surface area (Å²) in [6, 6.07) is 0. The lowest BCUT2D eigenvalue weighted by molar-refractivity contribution is -0.360. The lowest BCUT2D eigenvalue weighted by Gasteiger charge is -2.50. The topological polar surface area (TPSA) is 380 Å². The maximum atomic E-state index is 14.9. The second-order valence-electron chi connectivity index (χ2n) is 34.9. The third-order valence-electron chi connectivity index (χ3n) is 24.0. The number of rotatable bonds is 80. The first-order valence-corrected chi connectivity index (χ1v) is 50.4. The minimum Gasteiger partial charge on any atom is -0.463 e. The number of aliphatic hydroxyl groups is 9. The van der Waals surface area contributed by atoms with Crippen LogP contribution in [0.15, 0.2) is 12.2 Å². The van der Waals surface area contributed by atoms with Crippen molar-refractivity contribution in [1.29, 1.82) is 0 Å². The van der Waals surface area contributed by atoms with Crippen molar-refractivity contribution in [3.63, 3.8) is 0 Å². The average Bonchev–Trinajstić information content (AvgIpc) is 0.754. The van der Waals surface area contributed by atoms with Crippen molar-refractivity contribution in [2.75, 3.05) is 26.4 Å². The van der Waals surface area contributed by atoms with Crippen LogP contribution < -0.4 is 0 Å². The van der Waals surface area contributed by atoms with Gasteiger partial charge in [-0.1, -0.05) is 367 Å². The third kappa shape index (κ3) is 52.5. The molecule has 3 fully saturated rings. The van der Waals surface area contributed by atoms with E-state index in [0.29, 0.717) is 38.5 Å². The van der Waals surface area contributed by atoms with Gasteiger partial charge < -0.3 is 88.7 Å². The van der Waals surface area contributed by atoms with Gasteiger partial charge in [-0.3, -0.25) is 28.2 Å². The Labute approximate surface area is 724 Å². The van der Waals surface area contributed by atoms with E-state index in [1.165, 1.54) is 199 Å². The molecule has 0 radical (unpaired) electrons. The molecular weight excluding hydrogens is 1560 g/mol. The normalized spacial score (nSPS) is 24.7. The van der Waals surface area contributed by atoms with Crippen molar-refractivity contribution >= 4 is 31.7 Å². The molecule has 26 heteroatoms. The number of hydrogen-bond acceptors (Lipinski definition) is 24. The Kier molecular flexibility index (Phi) is 67.9. The number of hydrogen-bond donors (Lipinski definition) is 10. The lowest BCUT2D eigenvalue weighted by atomic mass is 9.84. The molecular formula is C94H175O25P. The van der Waals surface area contributed by atoms with Crippen LogP contribution in [0.3, 0.4) is 0 Å². The van der Waals surface area contributed by atoms with E-state index in [4.69, 9.17) is 46.9 Å². The molecule has 120 heavy (non-hydrogen) atoms. The number of phosphoric acid groups is 1. The van der Waals surface area contributed by atoms with Crippen LogP contribution in [0.1, 0.15) is 432 Å². The lowest BCUT2D eigenvalue weighted by Crippen LogP contribution is -2.70. The Morgan fingerprint density at radius 2 is 0.625 bits per heavy atom. The van der Waals surface area contributed by atoms with Crippen molar-refractivity contribution in [1.82, 2.24) is 0 Å². The van der Waals surface area contributed by atoms with Crippen LogP contribution in [-0.4, -0.2) is 205 Å². The molecule has 2 aliphatic heterocycles. The predicted octanol–water partition coefficient (Wildman–Crippen LogP) is 18.7. The molecule has 1 aliphatic carbocycles. The largest absolute Gasteiger partial charge is 0.472 e. The molecule has 0 aromatic rings. The van der Waals surface area contributed by atoms with E-state index >= 15 is 0 Å². The van der Waals surface area contributed by atoms with E-state index < -0.39 is 162 Å². The Morgan fingerprint density at radius 1 is 0.325 bits per heavy atom. The maximum absolute atomic E-state index is 14.9. The Bertz CT molecular complexity index is 2530. The summed E-state index contributed by atoms with van der Waals surface area (Å²) in [4.78, 5) is 66.6. The fourth-order valence-corrected chi connectivity index (χ4v) is 17.2. The first-order chi connectivity index (χ1) is 58.2. The molecule has 18 unspecified atom stereocenters. The molecule has 706 valence electrons. The molecule has 10 N–H and O–H groups in total. The van der Waals surface area contributed by atoms with Gasteiger partial charge in [0.2, 0.25) is 0 Å². The minimum absolute atomic E-state index is 0.0191. The van der Waals surface area contributed by atoms with Gasteiger partial charge in [0.25, 0.3) is 0 Å². The highest BCUT2D eigenvalue weighted by Gasteiger charge is 2.60. The Morgan fingerprint density at radius 3 is 1.00 bits per heavy atom. The predicted molar refractivity (Wildman–Crippen MR) is 467 cm³/mol. The van der Waals surface area contributed by atoms with Crippen molar-refractivity contribution in [3.8, 4) is 0 Å². The summed E-state index contributed by atoms with van der Waals surface area (Å²) >= 11 is 0. The van der Waals surface area contributed by atoms with E-state index in [1.807, 2.05) is 0 Å². The molecule has 3 aliphatic rings. The minimum atomic E-state index is -5.81. The summed E-state index contributed by atoms with van der Waals surface area (Å²) in [7, 11) is -5.81. The van der Waals surface area contributed by atoms with E-state index in [9.17, 15) is 74.6 Å². The number of allylic oxidation sites excluding steroid dienone is 2. The molecule has 2 heterocycles. The van der Waals surface area contributed by atoms with Crippen molar-refractivity contribution in [2.24, 2.45) is 0 Å². The SMILES string of the molecule is CCCCCC/C=C\CCCCCCCCCC(=O)OC(COC(=O)CCCCCCCCCCCCCCCCCC)COP(=O)(O)OC1C(OC2OC(CO)C(O)C(O)C2O)C(O)C(O)C(OC(=O)CCCCCCCCCCCCCCCCC)C1OC1OC(COC(=O)CCCCCCCCCCCCCCCCC)C(O)C(O)C1O. The zero-order valence-electron chi connectivity index (χ0n) is 75.4. The number of aliphatic hydroxyl groups excluding tert-OH is 9. The highest BCUT2D eigenvalue weighted by Crippen LogP contribution is 2.49. The van der Waals surface area contributed by atoms with Gasteiger partial charge in [-0.05, 0) is 51.4 Å². The van der Waals surface area contributed by atoms with E-state index in [0.717, 1.165) is 141 Å². The number of esters is 4. The van der Waals surface area contributed by atoms with Gasteiger partial charge in [-0.25, -0.2) is 4.57 Å². The van der Waals surface area contributed by atoms with Gasteiger partial charge in [0, 0.05) is 25.7 Å². The quantitative estimate of drug-likeness (QED) is 0.00889. The van der Waals surface area contributed by atoms with E-state index in [2.05, 4.69) is 39.8 Å². The average molecular weight is 1740 g/mol. The molecule has 0 spiro atoms. The highest BCUT2D eigenvalue weighted by atomic mass is 31.2. The fraction of sp³-hybridized carbons (Fsp3) is 0.936.